The Morgan fingerprint density at radius 3 is 2.48 bits per heavy atom. The molecule has 0 amide bonds. The zero-order valence-electron chi connectivity index (χ0n) is 16.0. The van der Waals surface area contributed by atoms with Crippen LogP contribution in [0, 0.1) is 0 Å². The van der Waals surface area contributed by atoms with Gasteiger partial charge in [-0.3, -0.25) is 0 Å². The van der Waals surface area contributed by atoms with Gasteiger partial charge in [0.25, 0.3) is 0 Å². The maximum atomic E-state index is 12.7. The topological polar surface area (TPSA) is 74.2 Å². The minimum Gasteiger partial charge on any atom is -0.453 e. The minimum absolute atomic E-state index is 0.289. The number of thioether (sulfide) groups is 1. The Hall–Kier alpha value is -1.90. The molecule has 4 rings (SSSR count). The van der Waals surface area contributed by atoms with Crippen LogP contribution in [0.15, 0.2) is 60.7 Å². The van der Waals surface area contributed by atoms with Crippen LogP contribution in [0.25, 0.3) is 0 Å². The van der Waals surface area contributed by atoms with E-state index in [1.165, 1.54) is 11.8 Å². The number of hydrogen-bond donors (Lipinski definition) is 1. The summed E-state index contributed by atoms with van der Waals surface area (Å²) in [6.45, 7) is 2.27. The van der Waals surface area contributed by atoms with Gasteiger partial charge in [0.1, 0.15) is 23.7 Å². The first kappa shape index (κ1) is 20.4. The fraction of sp³-hybridized carbons (Fsp3) is 0.409. The van der Waals surface area contributed by atoms with E-state index in [2.05, 4.69) is 0 Å². The highest BCUT2D eigenvalue weighted by Crippen LogP contribution is 2.38. The highest BCUT2D eigenvalue weighted by molar-refractivity contribution is 7.99. The van der Waals surface area contributed by atoms with E-state index in [0.717, 1.165) is 11.3 Å². The number of benzene rings is 2. The number of carbonyl (C=O) groups excluding carboxylic acids is 1. The molecule has 2 aliphatic rings. The average molecular weight is 416 g/mol. The molecule has 0 radical (unpaired) electrons. The third-order valence-corrected chi connectivity index (χ3v) is 6.01. The normalized spacial score (nSPS) is 31.7. The molecule has 2 aromatic carbocycles. The molecule has 0 spiro atoms. The van der Waals surface area contributed by atoms with Crippen LogP contribution in [0.4, 0.5) is 0 Å². The Balaban J connectivity index is 1.56. The summed E-state index contributed by atoms with van der Waals surface area (Å²) in [6, 6.07) is 18.3. The Labute approximate surface area is 174 Å². The van der Waals surface area contributed by atoms with Crippen LogP contribution in [0.1, 0.15) is 29.1 Å². The zero-order valence-corrected chi connectivity index (χ0v) is 16.9. The SMILES string of the molecule is CCS[C@@H]1O[C@@H]2COC(c3ccccc3)O[C@@H]2[C@H](OC(=O)c2ccccc2)[C@H]1O. The van der Waals surface area contributed by atoms with Gasteiger partial charge in [-0.05, 0) is 17.9 Å². The number of hydrogen-bond acceptors (Lipinski definition) is 7. The lowest BCUT2D eigenvalue weighted by molar-refractivity contribution is -0.317. The molecule has 1 unspecified atom stereocenters. The van der Waals surface area contributed by atoms with Crippen molar-refractivity contribution in [3.63, 3.8) is 0 Å². The van der Waals surface area contributed by atoms with Crippen molar-refractivity contribution in [3.05, 3.63) is 71.8 Å². The first-order chi connectivity index (χ1) is 14.2. The Morgan fingerprint density at radius 2 is 1.79 bits per heavy atom. The van der Waals surface area contributed by atoms with Gasteiger partial charge in [-0.2, -0.15) is 0 Å². The van der Waals surface area contributed by atoms with Gasteiger partial charge in [0, 0.05) is 5.56 Å². The van der Waals surface area contributed by atoms with Gasteiger partial charge in [0.05, 0.1) is 12.2 Å². The molecule has 0 bridgehead atoms. The van der Waals surface area contributed by atoms with E-state index in [1.54, 1.807) is 24.3 Å². The molecule has 7 heteroatoms. The van der Waals surface area contributed by atoms with Gasteiger partial charge in [-0.25, -0.2) is 4.79 Å². The van der Waals surface area contributed by atoms with Gasteiger partial charge >= 0.3 is 5.97 Å². The summed E-state index contributed by atoms with van der Waals surface area (Å²) in [6.07, 6.45) is -3.55. The van der Waals surface area contributed by atoms with Crippen LogP contribution in [0.2, 0.25) is 0 Å². The van der Waals surface area contributed by atoms with E-state index in [9.17, 15) is 9.90 Å². The zero-order chi connectivity index (χ0) is 20.2. The fourth-order valence-corrected chi connectivity index (χ4v) is 4.45. The number of aliphatic hydroxyl groups excluding tert-OH is 1. The summed E-state index contributed by atoms with van der Waals surface area (Å²) in [7, 11) is 0. The molecule has 6 atom stereocenters. The molecule has 0 saturated carbocycles. The van der Waals surface area contributed by atoms with Gasteiger partial charge < -0.3 is 24.1 Å². The molecule has 29 heavy (non-hydrogen) atoms. The summed E-state index contributed by atoms with van der Waals surface area (Å²) in [5.74, 6) is 0.259. The highest BCUT2D eigenvalue weighted by atomic mass is 32.2. The summed E-state index contributed by atoms with van der Waals surface area (Å²) < 4.78 is 23.8. The van der Waals surface area contributed by atoms with E-state index in [4.69, 9.17) is 18.9 Å². The van der Waals surface area contributed by atoms with Crippen LogP contribution in [-0.4, -0.2) is 53.3 Å². The maximum Gasteiger partial charge on any atom is 0.338 e. The molecule has 0 aromatic heterocycles. The van der Waals surface area contributed by atoms with Crippen molar-refractivity contribution < 1.29 is 28.8 Å². The molecule has 154 valence electrons. The van der Waals surface area contributed by atoms with Crippen LogP contribution >= 0.6 is 11.8 Å². The smallest absolute Gasteiger partial charge is 0.338 e. The Kier molecular flexibility index (Phi) is 6.52. The predicted molar refractivity (Wildman–Crippen MR) is 108 cm³/mol. The molecule has 2 heterocycles. The predicted octanol–water partition coefficient (Wildman–Crippen LogP) is 3.17. The number of aliphatic hydroxyl groups is 1. The van der Waals surface area contributed by atoms with Crippen molar-refractivity contribution in [2.45, 2.75) is 43.1 Å². The van der Waals surface area contributed by atoms with Crippen molar-refractivity contribution in [3.8, 4) is 0 Å². The summed E-state index contributed by atoms with van der Waals surface area (Å²) in [5.41, 5.74) is 0.767. The molecule has 2 aromatic rings. The largest absolute Gasteiger partial charge is 0.453 e. The lowest BCUT2D eigenvalue weighted by Gasteiger charge is -2.47. The highest BCUT2D eigenvalue weighted by Gasteiger charge is 2.51. The van der Waals surface area contributed by atoms with E-state index in [-0.39, 0.29) is 6.61 Å². The van der Waals surface area contributed by atoms with Gasteiger partial charge in [-0.15, -0.1) is 11.8 Å². The van der Waals surface area contributed by atoms with E-state index in [0.29, 0.717) is 5.56 Å². The van der Waals surface area contributed by atoms with Crippen molar-refractivity contribution in [1.82, 2.24) is 0 Å². The van der Waals surface area contributed by atoms with Crippen molar-refractivity contribution >= 4 is 17.7 Å². The van der Waals surface area contributed by atoms with Crippen LogP contribution < -0.4 is 0 Å². The second-order valence-corrected chi connectivity index (χ2v) is 8.28. The molecule has 0 aliphatic carbocycles. The first-order valence-electron chi connectivity index (χ1n) is 9.70. The van der Waals surface area contributed by atoms with Crippen molar-refractivity contribution in [2.75, 3.05) is 12.4 Å². The molecule has 6 nitrogen and oxygen atoms in total. The molecular weight excluding hydrogens is 392 g/mol. The van der Waals surface area contributed by atoms with Crippen LogP contribution in [0.3, 0.4) is 0 Å². The monoisotopic (exact) mass is 416 g/mol. The summed E-state index contributed by atoms with van der Waals surface area (Å²) in [5, 5.41) is 10.9. The molecule has 1 N–H and O–H groups in total. The van der Waals surface area contributed by atoms with Crippen molar-refractivity contribution in [2.24, 2.45) is 0 Å². The molecule has 2 aliphatic heterocycles. The first-order valence-corrected chi connectivity index (χ1v) is 10.8. The van der Waals surface area contributed by atoms with Crippen LogP contribution in [-0.2, 0) is 18.9 Å². The number of carbonyl (C=O) groups is 1. The Morgan fingerprint density at radius 1 is 1.10 bits per heavy atom. The van der Waals surface area contributed by atoms with E-state index < -0.39 is 42.1 Å². The molecule has 2 fully saturated rings. The second kappa shape index (κ2) is 9.28. The lowest BCUT2D eigenvalue weighted by Crippen LogP contribution is -2.62. The van der Waals surface area contributed by atoms with Gasteiger partial charge in [-0.1, -0.05) is 55.5 Å². The Bertz CT molecular complexity index is 801. The quantitative estimate of drug-likeness (QED) is 0.751. The maximum absolute atomic E-state index is 12.7. The van der Waals surface area contributed by atoms with Gasteiger partial charge in [0.2, 0.25) is 0 Å². The number of fused-ring (bicyclic) bond motifs is 1. The number of rotatable bonds is 5. The lowest BCUT2D eigenvalue weighted by atomic mass is 9.98. The summed E-state index contributed by atoms with van der Waals surface area (Å²) >= 11 is 1.47. The van der Waals surface area contributed by atoms with Crippen LogP contribution in [0.5, 0.6) is 0 Å². The molecule has 2 saturated heterocycles. The number of esters is 1. The fourth-order valence-electron chi connectivity index (χ4n) is 3.54. The van der Waals surface area contributed by atoms with Crippen molar-refractivity contribution in [1.29, 1.82) is 0 Å². The third kappa shape index (κ3) is 4.49. The van der Waals surface area contributed by atoms with Gasteiger partial charge in [0.15, 0.2) is 12.4 Å². The standard InChI is InChI=1S/C22H24O6S/c1-2-29-22-17(23)19(27-20(24)14-9-5-3-6-10-14)18-16(26-22)13-25-21(28-18)15-11-7-4-8-12-15/h3-12,16-19,21-23H,2,13H2,1H3/t16-,17-,18+,19-,21?,22+/m1/s1. The average Bonchev–Trinajstić information content (AvgIpc) is 2.77. The number of ether oxygens (including phenoxy) is 4. The van der Waals surface area contributed by atoms with E-state index >= 15 is 0 Å². The minimum atomic E-state index is -1.01. The third-order valence-electron chi connectivity index (χ3n) is 4.96. The second-order valence-electron chi connectivity index (χ2n) is 6.90. The molecular formula is C22H24O6S. The summed E-state index contributed by atoms with van der Waals surface area (Å²) in [4.78, 5) is 12.7. The van der Waals surface area contributed by atoms with E-state index in [1.807, 2.05) is 43.3 Å².